The Bertz CT molecular complexity index is 1110. The third kappa shape index (κ3) is 2.19. The molecule has 1 aromatic carbocycles. The maximum atomic E-state index is 12.5. The van der Waals surface area contributed by atoms with E-state index in [0.717, 1.165) is 13.7 Å². The molecule has 3 rings (SSSR count). The quantitative estimate of drug-likeness (QED) is 0.646. The van der Waals surface area contributed by atoms with E-state index in [0.29, 0.717) is 5.69 Å². The number of hydrogen-bond donors (Lipinski definition) is 2. The number of nitrogen functional groups attached to an aromatic ring is 1. The van der Waals surface area contributed by atoms with Gasteiger partial charge in [0.2, 0.25) is 0 Å². The number of benzene rings is 1. The minimum Gasteiger partial charge on any atom is -0.505 e. The molecular formula is C15H15ClN4O4. The highest BCUT2D eigenvalue weighted by Crippen LogP contribution is 2.25. The smallest absolute Gasteiger partial charge is 0.332 e. The Labute approximate surface area is 141 Å². The lowest BCUT2D eigenvalue weighted by atomic mass is 10.2. The first-order valence-corrected chi connectivity index (χ1v) is 6.75. The molecular weight excluding hydrogens is 336 g/mol. The number of pyridine rings is 1. The van der Waals surface area contributed by atoms with E-state index in [4.69, 9.17) is 5.73 Å². The summed E-state index contributed by atoms with van der Waals surface area (Å²) in [5.74, 6) is -0.617. The van der Waals surface area contributed by atoms with Gasteiger partial charge in [-0.3, -0.25) is 23.3 Å². The Balaban J connectivity index is 0.00000208. The average molecular weight is 351 g/mol. The molecule has 0 unspecified atom stereocenters. The molecule has 0 bridgehead atoms. The zero-order valence-corrected chi connectivity index (χ0v) is 13.7. The number of rotatable bonds is 1. The van der Waals surface area contributed by atoms with Crippen molar-refractivity contribution in [2.75, 3.05) is 5.73 Å². The van der Waals surface area contributed by atoms with Gasteiger partial charge >= 0.3 is 5.69 Å². The van der Waals surface area contributed by atoms with Crippen LogP contribution in [0.3, 0.4) is 0 Å². The number of halogens is 1. The number of nitrogens with zero attached hydrogens (tertiary/aromatic N) is 3. The van der Waals surface area contributed by atoms with E-state index in [2.05, 4.69) is 0 Å². The van der Waals surface area contributed by atoms with Crippen LogP contribution in [0.15, 0.2) is 44.7 Å². The van der Waals surface area contributed by atoms with Crippen molar-refractivity contribution < 1.29 is 5.11 Å². The second-order valence-electron chi connectivity index (χ2n) is 5.14. The van der Waals surface area contributed by atoms with Crippen LogP contribution in [0.5, 0.6) is 5.75 Å². The second kappa shape index (κ2) is 5.89. The molecule has 8 nitrogen and oxygen atoms in total. The van der Waals surface area contributed by atoms with Crippen LogP contribution >= 0.6 is 12.4 Å². The predicted molar refractivity (Wildman–Crippen MR) is 93.4 cm³/mol. The number of nitrogens with two attached hydrogens (primary N) is 1. The fourth-order valence-corrected chi connectivity index (χ4v) is 2.57. The van der Waals surface area contributed by atoms with Gasteiger partial charge in [-0.1, -0.05) is 18.2 Å². The molecule has 0 amide bonds. The number of hydrogen-bond acceptors (Lipinski definition) is 5. The van der Waals surface area contributed by atoms with Gasteiger partial charge in [0, 0.05) is 14.1 Å². The van der Waals surface area contributed by atoms with Crippen LogP contribution in [0.25, 0.3) is 16.7 Å². The molecule has 0 saturated carbocycles. The summed E-state index contributed by atoms with van der Waals surface area (Å²) in [6.45, 7) is 0. The first kappa shape index (κ1) is 17.4. The first-order chi connectivity index (χ1) is 10.9. The molecule has 3 aromatic rings. The van der Waals surface area contributed by atoms with Gasteiger partial charge in [0.1, 0.15) is 16.7 Å². The molecule has 9 heteroatoms. The van der Waals surface area contributed by atoms with Gasteiger partial charge in [-0.2, -0.15) is 0 Å². The minimum absolute atomic E-state index is 0. The SMILES string of the molecule is Cl.Cn1c(=O)c2c(O)c(N)c(=O)n(-c3ccccc3)c2n(C)c1=O. The molecule has 126 valence electrons. The Kier molecular flexibility index (Phi) is 4.26. The van der Waals surface area contributed by atoms with Gasteiger partial charge in [-0.15, -0.1) is 12.4 Å². The summed E-state index contributed by atoms with van der Waals surface area (Å²) in [5.41, 5.74) is 3.60. The lowest BCUT2D eigenvalue weighted by Crippen LogP contribution is -2.40. The Morgan fingerprint density at radius 2 is 1.54 bits per heavy atom. The summed E-state index contributed by atoms with van der Waals surface area (Å²) in [5, 5.41) is 9.98. The third-order valence-corrected chi connectivity index (χ3v) is 3.79. The predicted octanol–water partition coefficient (Wildman–Crippen LogP) is 0.0977. The van der Waals surface area contributed by atoms with Crippen molar-refractivity contribution in [3.05, 3.63) is 61.5 Å². The van der Waals surface area contributed by atoms with Gasteiger partial charge in [0.15, 0.2) is 5.75 Å². The van der Waals surface area contributed by atoms with E-state index in [-0.39, 0.29) is 23.4 Å². The molecule has 0 aliphatic rings. The van der Waals surface area contributed by atoms with Gasteiger partial charge in [-0.25, -0.2) is 4.79 Å². The standard InChI is InChI=1S/C15H14N4O4.ClH/c1-17-12-9(13(21)18(2)15(17)23)11(20)10(16)14(22)19(12)8-6-4-3-5-7-8;/h3-7,20H,16H2,1-2H3;1H. The van der Waals surface area contributed by atoms with Crippen molar-refractivity contribution in [2.45, 2.75) is 0 Å². The average Bonchev–Trinajstić information content (AvgIpc) is 2.56. The summed E-state index contributed by atoms with van der Waals surface area (Å²) in [7, 11) is 2.70. The van der Waals surface area contributed by atoms with Crippen LogP contribution in [-0.4, -0.2) is 18.8 Å². The van der Waals surface area contributed by atoms with Gasteiger partial charge in [0.05, 0.1) is 5.69 Å². The van der Waals surface area contributed by atoms with Gasteiger partial charge in [0.25, 0.3) is 11.1 Å². The normalized spacial score (nSPS) is 10.6. The number of para-hydroxylation sites is 1. The molecule has 3 N–H and O–H groups in total. The van der Waals surface area contributed by atoms with Crippen molar-refractivity contribution in [1.29, 1.82) is 0 Å². The third-order valence-electron chi connectivity index (χ3n) is 3.79. The van der Waals surface area contributed by atoms with Crippen LogP contribution in [-0.2, 0) is 14.1 Å². The zero-order valence-electron chi connectivity index (χ0n) is 12.9. The molecule has 0 fully saturated rings. The van der Waals surface area contributed by atoms with Crippen molar-refractivity contribution in [3.8, 4) is 11.4 Å². The summed E-state index contributed by atoms with van der Waals surface area (Å²) in [6, 6.07) is 8.45. The Morgan fingerprint density at radius 3 is 2.12 bits per heavy atom. The number of fused-ring (bicyclic) bond motifs is 1. The highest BCUT2D eigenvalue weighted by atomic mass is 35.5. The lowest BCUT2D eigenvalue weighted by molar-refractivity contribution is 0.480. The fourth-order valence-electron chi connectivity index (χ4n) is 2.57. The van der Waals surface area contributed by atoms with Crippen LogP contribution < -0.4 is 22.5 Å². The van der Waals surface area contributed by atoms with Crippen molar-refractivity contribution in [2.24, 2.45) is 14.1 Å². The number of anilines is 1. The number of aromatic hydroxyl groups is 1. The Morgan fingerprint density at radius 1 is 0.958 bits per heavy atom. The van der Waals surface area contributed by atoms with Crippen molar-refractivity contribution in [3.63, 3.8) is 0 Å². The lowest BCUT2D eigenvalue weighted by Gasteiger charge is -2.16. The number of aryl methyl sites for hydroxylation is 1. The molecule has 0 atom stereocenters. The van der Waals surface area contributed by atoms with E-state index in [1.54, 1.807) is 30.3 Å². The van der Waals surface area contributed by atoms with Crippen LogP contribution in [0.4, 0.5) is 5.69 Å². The molecule has 2 heterocycles. The minimum atomic E-state index is -0.725. The molecule has 0 radical (unpaired) electrons. The summed E-state index contributed by atoms with van der Waals surface area (Å²) in [4.78, 5) is 37.1. The van der Waals surface area contributed by atoms with E-state index in [9.17, 15) is 19.5 Å². The summed E-state index contributed by atoms with van der Waals surface area (Å²) < 4.78 is 3.12. The zero-order chi connectivity index (χ0) is 16.9. The molecule has 24 heavy (non-hydrogen) atoms. The van der Waals surface area contributed by atoms with E-state index in [1.165, 1.54) is 14.1 Å². The van der Waals surface area contributed by atoms with Crippen LogP contribution in [0, 0.1) is 0 Å². The molecule has 0 spiro atoms. The monoisotopic (exact) mass is 350 g/mol. The van der Waals surface area contributed by atoms with Gasteiger partial charge in [-0.05, 0) is 12.1 Å². The topological polar surface area (TPSA) is 112 Å². The van der Waals surface area contributed by atoms with E-state index >= 15 is 0 Å². The van der Waals surface area contributed by atoms with Gasteiger partial charge < -0.3 is 10.8 Å². The van der Waals surface area contributed by atoms with E-state index < -0.39 is 28.2 Å². The molecule has 0 aliphatic carbocycles. The number of aromatic nitrogens is 3. The fraction of sp³-hybridized carbons (Fsp3) is 0.133. The van der Waals surface area contributed by atoms with Crippen molar-refractivity contribution >= 4 is 29.1 Å². The summed E-state index contributed by atoms with van der Waals surface area (Å²) in [6.07, 6.45) is 0. The van der Waals surface area contributed by atoms with E-state index in [1.807, 2.05) is 0 Å². The Hall–Kier alpha value is -3.00. The van der Waals surface area contributed by atoms with Crippen LogP contribution in [0.2, 0.25) is 0 Å². The van der Waals surface area contributed by atoms with Crippen molar-refractivity contribution in [1.82, 2.24) is 13.7 Å². The molecule has 0 saturated heterocycles. The van der Waals surface area contributed by atoms with Crippen LogP contribution in [0.1, 0.15) is 0 Å². The highest BCUT2D eigenvalue weighted by molar-refractivity contribution is 5.88. The highest BCUT2D eigenvalue weighted by Gasteiger charge is 2.21. The summed E-state index contributed by atoms with van der Waals surface area (Å²) >= 11 is 0. The maximum Gasteiger partial charge on any atom is 0.332 e. The second-order valence-corrected chi connectivity index (χ2v) is 5.14. The molecule has 0 aliphatic heterocycles. The molecule has 2 aromatic heterocycles. The first-order valence-electron chi connectivity index (χ1n) is 6.75. The largest absolute Gasteiger partial charge is 0.505 e. The maximum absolute atomic E-state index is 12.5.